The highest BCUT2D eigenvalue weighted by molar-refractivity contribution is 6.08. The Kier molecular flexibility index (Phi) is 7.74. The standard InChI is InChI=1S/C45H45N3O/c1-43(2,3)32-27-35(44(4,5)6)41(49)39(28-32)48-38-22-16-15-21-33(38)34-23-24-36(47-42(34)48)37-25-30(29-17-11-9-12-18-29)26-40(46-37)45(7,8)31-19-13-10-14-20-31/h9-28,49H,1-8H3. The molecule has 7 rings (SSSR count). The van der Waals surface area contributed by atoms with E-state index in [2.05, 4.69) is 175 Å². The smallest absolute Gasteiger partial charge is 0.146 e. The molecule has 49 heavy (non-hydrogen) atoms. The van der Waals surface area contributed by atoms with Crippen molar-refractivity contribution in [1.29, 1.82) is 0 Å². The molecule has 0 spiro atoms. The second-order valence-corrected chi connectivity index (χ2v) is 15.8. The van der Waals surface area contributed by atoms with E-state index < -0.39 is 0 Å². The summed E-state index contributed by atoms with van der Waals surface area (Å²) < 4.78 is 2.14. The highest BCUT2D eigenvalue weighted by atomic mass is 16.3. The third kappa shape index (κ3) is 5.80. The number of hydrogen-bond donors (Lipinski definition) is 1. The molecule has 3 aromatic heterocycles. The van der Waals surface area contributed by atoms with Crippen LogP contribution in [0.1, 0.15) is 77.8 Å². The number of benzene rings is 4. The van der Waals surface area contributed by atoms with Gasteiger partial charge in [-0.15, -0.1) is 0 Å². The summed E-state index contributed by atoms with van der Waals surface area (Å²) in [4.78, 5) is 10.7. The van der Waals surface area contributed by atoms with Gasteiger partial charge in [0.25, 0.3) is 0 Å². The molecular weight excluding hydrogens is 599 g/mol. The van der Waals surface area contributed by atoms with Gasteiger partial charge in [-0.05, 0) is 69.5 Å². The third-order valence-corrected chi connectivity index (χ3v) is 9.86. The molecule has 0 saturated carbocycles. The van der Waals surface area contributed by atoms with Crippen LogP contribution < -0.4 is 0 Å². The van der Waals surface area contributed by atoms with E-state index in [0.29, 0.717) is 0 Å². The maximum absolute atomic E-state index is 12.0. The van der Waals surface area contributed by atoms with Gasteiger partial charge >= 0.3 is 0 Å². The van der Waals surface area contributed by atoms with Gasteiger partial charge in [0, 0.05) is 21.8 Å². The number of rotatable bonds is 5. The first kappa shape index (κ1) is 32.3. The number of phenolic OH excluding ortho intramolecular Hbond substituents is 1. The maximum Gasteiger partial charge on any atom is 0.146 e. The van der Waals surface area contributed by atoms with Gasteiger partial charge in [-0.1, -0.05) is 140 Å². The lowest BCUT2D eigenvalue weighted by molar-refractivity contribution is 0.442. The summed E-state index contributed by atoms with van der Waals surface area (Å²) in [5.41, 5.74) is 9.87. The Morgan fingerprint density at radius 1 is 0.531 bits per heavy atom. The van der Waals surface area contributed by atoms with Crippen molar-refractivity contribution < 1.29 is 5.11 Å². The zero-order valence-electron chi connectivity index (χ0n) is 29.8. The van der Waals surface area contributed by atoms with Crippen LogP contribution in [0.25, 0.3) is 50.1 Å². The van der Waals surface area contributed by atoms with Crippen LogP contribution in [0.2, 0.25) is 0 Å². The molecule has 0 aliphatic heterocycles. The maximum atomic E-state index is 12.0. The predicted molar refractivity (Wildman–Crippen MR) is 205 cm³/mol. The van der Waals surface area contributed by atoms with E-state index in [9.17, 15) is 5.11 Å². The molecule has 0 saturated heterocycles. The molecular formula is C45H45N3O. The van der Waals surface area contributed by atoms with Gasteiger partial charge in [-0.25, -0.2) is 4.98 Å². The Bertz CT molecular complexity index is 2320. The van der Waals surface area contributed by atoms with E-state index >= 15 is 0 Å². The number of para-hydroxylation sites is 1. The summed E-state index contributed by atoms with van der Waals surface area (Å²) in [5.74, 6) is 0.284. The van der Waals surface area contributed by atoms with Crippen LogP contribution in [0.4, 0.5) is 0 Å². The first-order chi connectivity index (χ1) is 23.2. The lowest BCUT2D eigenvalue weighted by atomic mass is 9.79. The first-order valence-corrected chi connectivity index (χ1v) is 17.2. The van der Waals surface area contributed by atoms with Gasteiger partial charge in [0.2, 0.25) is 0 Å². The van der Waals surface area contributed by atoms with Crippen molar-refractivity contribution in [1.82, 2.24) is 14.5 Å². The van der Waals surface area contributed by atoms with Gasteiger partial charge in [0.1, 0.15) is 11.4 Å². The fraction of sp³-hybridized carbons (Fsp3) is 0.244. The third-order valence-electron chi connectivity index (χ3n) is 9.86. The van der Waals surface area contributed by atoms with E-state index in [0.717, 1.165) is 67.0 Å². The van der Waals surface area contributed by atoms with Crippen LogP contribution in [-0.2, 0) is 16.2 Å². The molecule has 0 fully saturated rings. The van der Waals surface area contributed by atoms with Gasteiger partial charge in [0.05, 0.1) is 28.3 Å². The molecule has 4 heteroatoms. The van der Waals surface area contributed by atoms with Crippen LogP contribution >= 0.6 is 0 Å². The second-order valence-electron chi connectivity index (χ2n) is 15.8. The minimum Gasteiger partial charge on any atom is -0.505 e. The molecule has 0 unspecified atom stereocenters. The summed E-state index contributed by atoms with van der Waals surface area (Å²) in [6.07, 6.45) is 0. The highest BCUT2D eigenvalue weighted by Gasteiger charge is 2.29. The average molecular weight is 644 g/mol. The molecule has 3 heterocycles. The largest absolute Gasteiger partial charge is 0.505 e. The van der Waals surface area contributed by atoms with Crippen molar-refractivity contribution >= 4 is 21.9 Å². The summed E-state index contributed by atoms with van der Waals surface area (Å²) in [6, 6.07) is 42.3. The molecule has 7 aromatic rings. The Labute approximate surface area is 290 Å². The fourth-order valence-corrected chi connectivity index (χ4v) is 6.80. The molecule has 0 bridgehead atoms. The normalized spacial score (nSPS) is 12.6. The Morgan fingerprint density at radius 2 is 1.18 bits per heavy atom. The number of pyridine rings is 2. The van der Waals surface area contributed by atoms with Crippen molar-refractivity contribution in [3.63, 3.8) is 0 Å². The fourth-order valence-electron chi connectivity index (χ4n) is 6.80. The molecule has 1 N–H and O–H groups in total. The van der Waals surface area contributed by atoms with Gasteiger partial charge < -0.3 is 5.11 Å². The molecule has 0 aliphatic carbocycles. The SMILES string of the molecule is CC(C)(C)c1cc(-n2c3ccccc3c3ccc(-c4cc(-c5ccccc5)cc(C(C)(C)c5ccccc5)n4)nc32)c(O)c(C(C)(C)C)c1. The molecule has 4 nitrogen and oxygen atoms in total. The van der Waals surface area contributed by atoms with Crippen molar-refractivity contribution in [3.8, 4) is 34.0 Å². The zero-order valence-corrected chi connectivity index (χ0v) is 29.8. The highest BCUT2D eigenvalue weighted by Crippen LogP contribution is 2.43. The number of fused-ring (bicyclic) bond motifs is 3. The van der Waals surface area contributed by atoms with E-state index in [1.54, 1.807) is 0 Å². The molecule has 246 valence electrons. The summed E-state index contributed by atoms with van der Waals surface area (Å²) >= 11 is 0. The number of aromatic hydroxyl groups is 1. The minimum absolute atomic E-state index is 0.121. The van der Waals surface area contributed by atoms with E-state index in [1.807, 2.05) is 6.07 Å². The summed E-state index contributed by atoms with van der Waals surface area (Å²) in [5, 5.41) is 14.1. The molecule has 0 atom stereocenters. The van der Waals surface area contributed by atoms with Crippen LogP contribution in [0.15, 0.2) is 121 Å². The van der Waals surface area contributed by atoms with E-state index in [4.69, 9.17) is 9.97 Å². The van der Waals surface area contributed by atoms with Gasteiger partial charge in [-0.3, -0.25) is 9.55 Å². The monoisotopic (exact) mass is 643 g/mol. The molecule has 4 aromatic carbocycles. The number of aromatic nitrogens is 3. The summed E-state index contributed by atoms with van der Waals surface area (Å²) in [7, 11) is 0. The Hall–Kier alpha value is -5.22. The van der Waals surface area contributed by atoms with Gasteiger partial charge in [0.15, 0.2) is 0 Å². The lowest BCUT2D eigenvalue weighted by Gasteiger charge is -2.28. The number of nitrogens with zero attached hydrogens (tertiary/aromatic N) is 3. The predicted octanol–water partition coefficient (Wildman–Crippen LogP) is 11.5. The van der Waals surface area contributed by atoms with Crippen molar-refractivity contribution in [2.24, 2.45) is 0 Å². The van der Waals surface area contributed by atoms with Crippen molar-refractivity contribution in [2.45, 2.75) is 71.6 Å². The van der Waals surface area contributed by atoms with Crippen molar-refractivity contribution in [2.75, 3.05) is 0 Å². The zero-order chi connectivity index (χ0) is 34.7. The van der Waals surface area contributed by atoms with Crippen LogP contribution in [-0.4, -0.2) is 19.6 Å². The Balaban J connectivity index is 1.52. The van der Waals surface area contributed by atoms with Crippen LogP contribution in [0, 0.1) is 0 Å². The number of hydrogen-bond acceptors (Lipinski definition) is 3. The average Bonchev–Trinajstić information content (AvgIpc) is 3.41. The van der Waals surface area contributed by atoms with E-state index in [-0.39, 0.29) is 22.0 Å². The van der Waals surface area contributed by atoms with E-state index in [1.165, 1.54) is 5.56 Å². The Morgan fingerprint density at radius 3 is 1.86 bits per heavy atom. The van der Waals surface area contributed by atoms with Crippen LogP contribution in [0.3, 0.4) is 0 Å². The number of phenols is 1. The van der Waals surface area contributed by atoms with Crippen LogP contribution in [0.5, 0.6) is 5.75 Å². The van der Waals surface area contributed by atoms with Crippen molar-refractivity contribution in [3.05, 3.63) is 144 Å². The molecule has 0 radical (unpaired) electrons. The molecule has 0 amide bonds. The summed E-state index contributed by atoms with van der Waals surface area (Å²) in [6.45, 7) is 17.6. The van der Waals surface area contributed by atoms with Gasteiger partial charge in [-0.2, -0.15) is 0 Å². The first-order valence-electron chi connectivity index (χ1n) is 17.2. The second kappa shape index (κ2) is 11.7. The minimum atomic E-state index is -0.345. The lowest BCUT2D eigenvalue weighted by Crippen LogP contribution is -2.21. The topological polar surface area (TPSA) is 50.9 Å². The quantitative estimate of drug-likeness (QED) is 0.203. The molecule has 0 aliphatic rings.